The monoisotopic (exact) mass is 273 g/mol. The number of benzene rings is 1. The largest absolute Gasteiger partial charge is 0.478 e. The summed E-state index contributed by atoms with van der Waals surface area (Å²) in [5.41, 5.74) is 1.33. The molecule has 1 amide bonds. The summed E-state index contributed by atoms with van der Waals surface area (Å²) in [7, 11) is 0. The van der Waals surface area contributed by atoms with Gasteiger partial charge in [0.2, 0.25) is 0 Å². The molecule has 0 aliphatic rings. The van der Waals surface area contributed by atoms with E-state index in [-0.39, 0.29) is 18.0 Å². The van der Waals surface area contributed by atoms with E-state index in [0.717, 1.165) is 17.8 Å². The second kappa shape index (κ2) is 6.01. The standard InChI is InChI=1S/C14H15N3O3/c1-2-12-15-8-11(17-12)13(18)16-7-9-4-3-5-10(6-9)14(19)20/h3-6,8H,2,7H2,1H3,(H,15,17)(H,16,18)(H,19,20). The van der Waals surface area contributed by atoms with Crippen molar-refractivity contribution in [2.45, 2.75) is 19.9 Å². The van der Waals surface area contributed by atoms with Gasteiger partial charge < -0.3 is 15.4 Å². The van der Waals surface area contributed by atoms with Crippen LogP contribution >= 0.6 is 0 Å². The molecule has 2 aromatic rings. The van der Waals surface area contributed by atoms with Crippen LogP contribution in [0.2, 0.25) is 0 Å². The number of carbonyl (C=O) groups excluding carboxylic acids is 1. The topological polar surface area (TPSA) is 95.1 Å². The first-order valence-electron chi connectivity index (χ1n) is 6.24. The fourth-order valence-corrected chi connectivity index (χ4v) is 1.75. The van der Waals surface area contributed by atoms with Gasteiger partial charge in [-0.15, -0.1) is 0 Å². The van der Waals surface area contributed by atoms with E-state index in [9.17, 15) is 9.59 Å². The third-order valence-electron chi connectivity index (χ3n) is 2.83. The van der Waals surface area contributed by atoms with Gasteiger partial charge in [-0.25, -0.2) is 9.78 Å². The zero-order chi connectivity index (χ0) is 14.5. The number of nitrogens with one attached hydrogen (secondary N) is 2. The lowest BCUT2D eigenvalue weighted by molar-refractivity contribution is 0.0696. The molecule has 0 bridgehead atoms. The summed E-state index contributed by atoms with van der Waals surface area (Å²) in [4.78, 5) is 29.7. The van der Waals surface area contributed by atoms with Crippen LogP contribution in [0.5, 0.6) is 0 Å². The normalized spacial score (nSPS) is 10.2. The van der Waals surface area contributed by atoms with Crippen molar-refractivity contribution >= 4 is 11.9 Å². The van der Waals surface area contributed by atoms with Crippen molar-refractivity contribution in [1.82, 2.24) is 15.3 Å². The Morgan fingerprint density at radius 3 is 2.85 bits per heavy atom. The van der Waals surface area contributed by atoms with Gasteiger partial charge in [-0.05, 0) is 17.7 Å². The second-order valence-electron chi connectivity index (χ2n) is 4.29. The van der Waals surface area contributed by atoms with E-state index in [0.29, 0.717) is 5.69 Å². The smallest absolute Gasteiger partial charge is 0.335 e. The molecule has 3 N–H and O–H groups in total. The van der Waals surface area contributed by atoms with Crippen LogP contribution in [0.25, 0.3) is 0 Å². The SMILES string of the molecule is CCc1ncc(C(=O)NCc2cccc(C(=O)O)c2)[nH]1. The van der Waals surface area contributed by atoms with Crippen molar-refractivity contribution in [1.29, 1.82) is 0 Å². The Labute approximate surface area is 115 Å². The van der Waals surface area contributed by atoms with Crippen LogP contribution in [0.1, 0.15) is 39.2 Å². The number of hydrogen-bond donors (Lipinski definition) is 3. The molecule has 0 unspecified atom stereocenters. The van der Waals surface area contributed by atoms with Gasteiger partial charge in [0.25, 0.3) is 5.91 Å². The predicted octanol–water partition coefficient (Wildman–Crippen LogP) is 1.60. The molecular formula is C14H15N3O3. The first kappa shape index (κ1) is 13.8. The summed E-state index contributed by atoms with van der Waals surface area (Å²) in [6.45, 7) is 2.21. The molecule has 0 saturated carbocycles. The molecule has 6 nitrogen and oxygen atoms in total. The maximum atomic E-state index is 11.9. The summed E-state index contributed by atoms with van der Waals surface area (Å²) in [5, 5.41) is 11.6. The molecule has 0 radical (unpaired) electrons. The molecule has 20 heavy (non-hydrogen) atoms. The lowest BCUT2D eigenvalue weighted by Gasteiger charge is -2.04. The molecule has 0 fully saturated rings. The number of imidazole rings is 1. The number of carboxylic acid groups (broad SMARTS) is 1. The molecule has 104 valence electrons. The van der Waals surface area contributed by atoms with Crippen molar-refractivity contribution < 1.29 is 14.7 Å². The Morgan fingerprint density at radius 1 is 1.40 bits per heavy atom. The minimum Gasteiger partial charge on any atom is -0.478 e. The highest BCUT2D eigenvalue weighted by atomic mass is 16.4. The molecule has 0 spiro atoms. The van der Waals surface area contributed by atoms with E-state index < -0.39 is 5.97 Å². The molecule has 1 aromatic carbocycles. The van der Waals surface area contributed by atoms with E-state index in [1.165, 1.54) is 18.3 Å². The molecule has 0 saturated heterocycles. The molecule has 0 aliphatic heterocycles. The summed E-state index contributed by atoms with van der Waals surface area (Å²) in [5.74, 6) is -0.500. The van der Waals surface area contributed by atoms with Crippen molar-refractivity contribution in [3.8, 4) is 0 Å². The summed E-state index contributed by atoms with van der Waals surface area (Å²) in [6.07, 6.45) is 2.22. The van der Waals surface area contributed by atoms with Crippen molar-refractivity contribution in [3.63, 3.8) is 0 Å². The number of carbonyl (C=O) groups is 2. The highest BCUT2D eigenvalue weighted by molar-refractivity contribution is 5.92. The average Bonchev–Trinajstić information content (AvgIpc) is 2.94. The number of nitrogens with zero attached hydrogens (tertiary/aromatic N) is 1. The second-order valence-corrected chi connectivity index (χ2v) is 4.29. The first-order valence-corrected chi connectivity index (χ1v) is 6.24. The van der Waals surface area contributed by atoms with E-state index in [1.807, 2.05) is 6.92 Å². The Hall–Kier alpha value is -2.63. The van der Waals surface area contributed by atoms with E-state index in [2.05, 4.69) is 15.3 Å². The quantitative estimate of drug-likeness (QED) is 0.771. The third kappa shape index (κ3) is 3.23. The summed E-state index contributed by atoms with van der Waals surface area (Å²) in [6, 6.07) is 6.45. The predicted molar refractivity (Wildman–Crippen MR) is 72.5 cm³/mol. The Balaban J connectivity index is 1.99. The van der Waals surface area contributed by atoms with Crippen LogP contribution in [0.3, 0.4) is 0 Å². The molecule has 1 aromatic heterocycles. The van der Waals surface area contributed by atoms with Gasteiger partial charge in [0, 0.05) is 13.0 Å². The molecular weight excluding hydrogens is 258 g/mol. The van der Waals surface area contributed by atoms with Crippen molar-refractivity contribution in [2.24, 2.45) is 0 Å². The number of aromatic nitrogens is 2. The zero-order valence-corrected chi connectivity index (χ0v) is 11.0. The maximum Gasteiger partial charge on any atom is 0.335 e. The van der Waals surface area contributed by atoms with Gasteiger partial charge >= 0.3 is 5.97 Å². The van der Waals surface area contributed by atoms with E-state index in [4.69, 9.17) is 5.11 Å². The summed E-state index contributed by atoms with van der Waals surface area (Å²) < 4.78 is 0. The van der Waals surface area contributed by atoms with Gasteiger partial charge in [-0.2, -0.15) is 0 Å². The lowest BCUT2D eigenvalue weighted by atomic mass is 10.1. The van der Waals surface area contributed by atoms with Gasteiger partial charge in [-0.3, -0.25) is 4.79 Å². The fraction of sp³-hybridized carbons (Fsp3) is 0.214. The molecule has 1 heterocycles. The van der Waals surface area contributed by atoms with Crippen molar-refractivity contribution in [2.75, 3.05) is 0 Å². The molecule has 0 atom stereocenters. The number of H-pyrrole nitrogens is 1. The van der Waals surface area contributed by atoms with Crippen LogP contribution in [-0.4, -0.2) is 27.0 Å². The van der Waals surface area contributed by atoms with Crippen LogP contribution in [0.4, 0.5) is 0 Å². The van der Waals surface area contributed by atoms with Crippen LogP contribution in [0.15, 0.2) is 30.5 Å². The number of carboxylic acids is 1. The minimum absolute atomic E-state index is 0.201. The number of aromatic amines is 1. The number of aromatic carboxylic acids is 1. The summed E-state index contributed by atoms with van der Waals surface area (Å²) >= 11 is 0. The highest BCUT2D eigenvalue weighted by Crippen LogP contribution is 2.06. The number of amides is 1. The first-order chi connectivity index (χ1) is 9.60. The lowest BCUT2D eigenvalue weighted by Crippen LogP contribution is -2.23. The minimum atomic E-state index is -0.987. The zero-order valence-electron chi connectivity index (χ0n) is 11.0. The van der Waals surface area contributed by atoms with Gasteiger partial charge in [0.05, 0.1) is 11.8 Å². The van der Waals surface area contributed by atoms with E-state index in [1.54, 1.807) is 12.1 Å². The van der Waals surface area contributed by atoms with Crippen LogP contribution < -0.4 is 5.32 Å². The Morgan fingerprint density at radius 2 is 2.20 bits per heavy atom. The Kier molecular flexibility index (Phi) is 4.14. The fourth-order valence-electron chi connectivity index (χ4n) is 1.75. The van der Waals surface area contributed by atoms with E-state index >= 15 is 0 Å². The van der Waals surface area contributed by atoms with Crippen molar-refractivity contribution in [3.05, 3.63) is 53.1 Å². The van der Waals surface area contributed by atoms with Gasteiger partial charge in [0.15, 0.2) is 0 Å². The molecule has 0 aliphatic carbocycles. The third-order valence-corrected chi connectivity index (χ3v) is 2.83. The maximum absolute atomic E-state index is 11.9. The molecule has 6 heteroatoms. The van der Waals surface area contributed by atoms with Crippen LogP contribution in [0, 0.1) is 0 Å². The molecule has 2 rings (SSSR count). The number of rotatable bonds is 5. The van der Waals surface area contributed by atoms with Crippen LogP contribution in [-0.2, 0) is 13.0 Å². The van der Waals surface area contributed by atoms with Gasteiger partial charge in [-0.1, -0.05) is 19.1 Å². The number of hydrogen-bond acceptors (Lipinski definition) is 3. The van der Waals surface area contributed by atoms with Gasteiger partial charge in [0.1, 0.15) is 11.5 Å². The Bertz CT molecular complexity index is 634. The average molecular weight is 273 g/mol. The number of aryl methyl sites for hydroxylation is 1. The highest BCUT2D eigenvalue weighted by Gasteiger charge is 2.09.